The third kappa shape index (κ3) is 3.49. The Bertz CT molecular complexity index is 632. The minimum atomic E-state index is 0.224. The number of nitrogens with zero attached hydrogens (tertiary/aromatic N) is 2. The second-order valence-electron chi connectivity index (χ2n) is 5.79. The molecule has 0 amide bonds. The summed E-state index contributed by atoms with van der Waals surface area (Å²) in [4.78, 5) is 6.50. The van der Waals surface area contributed by atoms with Gasteiger partial charge in [0.1, 0.15) is 5.15 Å². The number of aliphatic hydroxyl groups is 1. The van der Waals surface area contributed by atoms with Gasteiger partial charge in [0.15, 0.2) is 0 Å². The van der Waals surface area contributed by atoms with Gasteiger partial charge in [0.05, 0.1) is 0 Å². The highest BCUT2D eigenvalue weighted by Crippen LogP contribution is 2.36. The van der Waals surface area contributed by atoms with Gasteiger partial charge in [-0.2, -0.15) is 0 Å². The van der Waals surface area contributed by atoms with E-state index in [1.807, 2.05) is 12.1 Å². The van der Waals surface area contributed by atoms with Crippen LogP contribution in [0.2, 0.25) is 5.15 Å². The molecule has 0 saturated heterocycles. The Labute approximate surface area is 136 Å². The van der Waals surface area contributed by atoms with Gasteiger partial charge in [-0.05, 0) is 48.1 Å². The van der Waals surface area contributed by atoms with Crippen LogP contribution in [-0.4, -0.2) is 28.1 Å². The van der Waals surface area contributed by atoms with E-state index in [-0.39, 0.29) is 6.61 Å². The molecule has 1 aliphatic carbocycles. The molecule has 3 nitrogen and oxygen atoms in total. The fourth-order valence-electron chi connectivity index (χ4n) is 3.31. The van der Waals surface area contributed by atoms with Gasteiger partial charge in [-0.1, -0.05) is 35.9 Å². The Hall–Kier alpha value is -1.42. The van der Waals surface area contributed by atoms with Crippen LogP contribution in [0.25, 0.3) is 0 Å². The molecule has 0 spiro atoms. The monoisotopic (exact) mass is 316 g/mol. The summed E-state index contributed by atoms with van der Waals surface area (Å²) in [5, 5.41) is 9.74. The normalized spacial score (nSPS) is 17.0. The van der Waals surface area contributed by atoms with E-state index >= 15 is 0 Å². The van der Waals surface area contributed by atoms with Crippen LogP contribution in [0, 0.1) is 0 Å². The summed E-state index contributed by atoms with van der Waals surface area (Å²) in [6.45, 7) is 1.94. The van der Waals surface area contributed by atoms with Crippen LogP contribution in [0.1, 0.15) is 35.6 Å². The van der Waals surface area contributed by atoms with Crippen LogP contribution in [-0.2, 0) is 13.0 Å². The van der Waals surface area contributed by atoms with E-state index in [1.165, 1.54) is 16.7 Å². The number of aromatic nitrogens is 1. The van der Waals surface area contributed by atoms with Crippen molar-refractivity contribution < 1.29 is 5.11 Å². The summed E-state index contributed by atoms with van der Waals surface area (Å²) in [7, 11) is 0. The van der Waals surface area contributed by atoms with E-state index in [1.54, 1.807) is 6.20 Å². The van der Waals surface area contributed by atoms with E-state index in [2.05, 4.69) is 34.1 Å². The van der Waals surface area contributed by atoms with Crippen LogP contribution < -0.4 is 0 Å². The highest BCUT2D eigenvalue weighted by atomic mass is 35.5. The maximum Gasteiger partial charge on any atom is 0.129 e. The minimum absolute atomic E-state index is 0.224. The standard InChI is InChI=1S/C18H21ClN2O/c19-18-12-14(8-9-20-18)13-21(10-3-11-22)17-7-6-15-4-1-2-5-16(15)17/h1-2,4-5,8-9,12,17,22H,3,6-7,10-11,13H2. The average molecular weight is 317 g/mol. The van der Waals surface area contributed by atoms with Crippen molar-refractivity contribution in [1.82, 2.24) is 9.88 Å². The fraction of sp³-hybridized carbons (Fsp3) is 0.389. The molecular weight excluding hydrogens is 296 g/mol. The van der Waals surface area contributed by atoms with Gasteiger partial charge in [0.25, 0.3) is 0 Å². The smallest absolute Gasteiger partial charge is 0.129 e. The molecule has 3 rings (SSSR count). The van der Waals surface area contributed by atoms with Crippen LogP contribution in [0.15, 0.2) is 42.6 Å². The summed E-state index contributed by atoms with van der Waals surface area (Å²) in [5.74, 6) is 0. The Balaban J connectivity index is 1.81. The molecule has 0 fully saturated rings. The Kier molecular flexibility index (Phi) is 5.08. The quantitative estimate of drug-likeness (QED) is 0.827. The van der Waals surface area contributed by atoms with Gasteiger partial charge >= 0.3 is 0 Å². The maximum absolute atomic E-state index is 9.21. The molecule has 1 aromatic carbocycles. The highest BCUT2D eigenvalue weighted by Gasteiger charge is 2.27. The molecule has 0 radical (unpaired) electrons. The van der Waals surface area contributed by atoms with E-state index in [0.29, 0.717) is 11.2 Å². The topological polar surface area (TPSA) is 36.4 Å². The molecule has 1 N–H and O–H groups in total. The van der Waals surface area contributed by atoms with Crippen molar-refractivity contribution in [3.05, 3.63) is 64.4 Å². The van der Waals surface area contributed by atoms with Gasteiger partial charge in [-0.3, -0.25) is 4.90 Å². The number of pyridine rings is 1. The number of aliphatic hydroxyl groups excluding tert-OH is 1. The van der Waals surface area contributed by atoms with E-state index in [9.17, 15) is 5.11 Å². The summed E-state index contributed by atoms with van der Waals surface area (Å²) >= 11 is 6.00. The summed E-state index contributed by atoms with van der Waals surface area (Å²) in [6, 6.07) is 13.1. The van der Waals surface area contributed by atoms with Crippen molar-refractivity contribution >= 4 is 11.6 Å². The van der Waals surface area contributed by atoms with Crippen molar-refractivity contribution in [2.45, 2.75) is 31.8 Å². The van der Waals surface area contributed by atoms with Crippen molar-refractivity contribution in [2.75, 3.05) is 13.2 Å². The first-order valence-electron chi connectivity index (χ1n) is 7.81. The first-order valence-corrected chi connectivity index (χ1v) is 8.19. The molecular formula is C18H21ClN2O. The lowest BCUT2D eigenvalue weighted by molar-refractivity contribution is 0.166. The van der Waals surface area contributed by atoms with Crippen molar-refractivity contribution in [1.29, 1.82) is 0 Å². The second-order valence-corrected chi connectivity index (χ2v) is 6.17. The molecule has 1 unspecified atom stereocenters. The lowest BCUT2D eigenvalue weighted by Gasteiger charge is -2.29. The van der Waals surface area contributed by atoms with Gasteiger partial charge in [0, 0.05) is 31.9 Å². The number of halogens is 1. The van der Waals surface area contributed by atoms with Crippen LogP contribution in [0.4, 0.5) is 0 Å². The van der Waals surface area contributed by atoms with Gasteiger partial charge in [-0.25, -0.2) is 4.98 Å². The number of fused-ring (bicyclic) bond motifs is 1. The van der Waals surface area contributed by atoms with Crippen molar-refractivity contribution in [3.63, 3.8) is 0 Å². The van der Waals surface area contributed by atoms with Crippen molar-refractivity contribution in [3.8, 4) is 0 Å². The Morgan fingerprint density at radius 1 is 1.27 bits per heavy atom. The number of benzene rings is 1. The van der Waals surface area contributed by atoms with Gasteiger partial charge in [-0.15, -0.1) is 0 Å². The predicted molar refractivity (Wildman–Crippen MR) is 88.9 cm³/mol. The highest BCUT2D eigenvalue weighted by molar-refractivity contribution is 6.29. The molecule has 0 saturated carbocycles. The zero-order valence-electron chi connectivity index (χ0n) is 12.6. The average Bonchev–Trinajstić information content (AvgIpc) is 2.95. The third-order valence-electron chi connectivity index (χ3n) is 4.32. The van der Waals surface area contributed by atoms with Gasteiger partial charge in [0.2, 0.25) is 0 Å². The van der Waals surface area contributed by atoms with Crippen molar-refractivity contribution in [2.24, 2.45) is 0 Å². The van der Waals surface area contributed by atoms with E-state index < -0.39 is 0 Å². The molecule has 1 atom stereocenters. The summed E-state index contributed by atoms with van der Waals surface area (Å²) in [5.41, 5.74) is 4.05. The van der Waals surface area contributed by atoms with Crippen LogP contribution in [0.5, 0.6) is 0 Å². The number of hydrogen-bond acceptors (Lipinski definition) is 3. The SMILES string of the molecule is OCCCN(Cc1ccnc(Cl)c1)C1CCc2ccccc21. The van der Waals surface area contributed by atoms with E-state index in [0.717, 1.165) is 32.4 Å². The fourth-order valence-corrected chi connectivity index (χ4v) is 3.50. The summed E-state index contributed by atoms with van der Waals surface area (Å²) < 4.78 is 0. The zero-order chi connectivity index (χ0) is 15.4. The molecule has 1 aromatic heterocycles. The van der Waals surface area contributed by atoms with Crippen LogP contribution >= 0.6 is 11.6 Å². The molecule has 4 heteroatoms. The van der Waals surface area contributed by atoms with Gasteiger partial charge < -0.3 is 5.11 Å². The number of aryl methyl sites for hydroxylation is 1. The predicted octanol–water partition coefficient (Wildman–Crippen LogP) is 3.61. The zero-order valence-corrected chi connectivity index (χ0v) is 13.3. The maximum atomic E-state index is 9.21. The summed E-state index contributed by atoms with van der Waals surface area (Å²) in [6.07, 6.45) is 4.82. The molecule has 1 heterocycles. The Morgan fingerprint density at radius 3 is 2.95 bits per heavy atom. The molecule has 1 aliphatic rings. The minimum Gasteiger partial charge on any atom is -0.396 e. The first-order chi connectivity index (χ1) is 10.8. The molecule has 0 aliphatic heterocycles. The van der Waals surface area contributed by atoms with E-state index in [4.69, 9.17) is 11.6 Å². The molecule has 22 heavy (non-hydrogen) atoms. The number of rotatable bonds is 6. The first kappa shape index (κ1) is 15.5. The largest absolute Gasteiger partial charge is 0.396 e. The second kappa shape index (κ2) is 7.23. The molecule has 116 valence electrons. The lowest BCUT2D eigenvalue weighted by atomic mass is 10.1. The molecule has 0 bridgehead atoms. The third-order valence-corrected chi connectivity index (χ3v) is 4.53. The van der Waals surface area contributed by atoms with Crippen LogP contribution in [0.3, 0.4) is 0 Å². The Morgan fingerprint density at radius 2 is 2.14 bits per heavy atom. The lowest BCUT2D eigenvalue weighted by Crippen LogP contribution is -2.28. The molecule has 2 aromatic rings. The number of hydrogen-bond donors (Lipinski definition) is 1.